The molecule has 0 spiro atoms. The fourth-order valence-electron chi connectivity index (χ4n) is 3.66. The van der Waals surface area contributed by atoms with E-state index >= 15 is 0 Å². The summed E-state index contributed by atoms with van der Waals surface area (Å²) >= 11 is 0. The Balaban J connectivity index is 2.21. The first kappa shape index (κ1) is 13.4. The van der Waals surface area contributed by atoms with E-state index in [1.807, 2.05) is 0 Å². The fraction of sp³-hybridized carbons (Fsp3) is 1.00. The molecule has 0 aromatic heterocycles. The predicted octanol–water partition coefficient (Wildman–Crippen LogP) is 4.80. The van der Waals surface area contributed by atoms with Gasteiger partial charge in [-0.05, 0) is 36.5 Å². The highest BCUT2D eigenvalue weighted by Crippen LogP contribution is 2.58. The molecule has 0 bridgehead atoms. The summed E-state index contributed by atoms with van der Waals surface area (Å²) in [4.78, 5) is 0. The molecular weight excluding hydrogens is 208 g/mol. The number of epoxide rings is 1. The molecule has 0 radical (unpaired) electrons. The Morgan fingerprint density at radius 3 is 2.41 bits per heavy atom. The van der Waals surface area contributed by atoms with Crippen LogP contribution in [-0.2, 0) is 4.74 Å². The van der Waals surface area contributed by atoms with Gasteiger partial charge in [-0.1, -0.05) is 53.9 Å². The van der Waals surface area contributed by atoms with Crippen LogP contribution in [0.4, 0.5) is 0 Å². The lowest BCUT2D eigenvalue weighted by Gasteiger charge is -2.34. The third kappa shape index (κ3) is 2.05. The highest BCUT2D eigenvalue weighted by Gasteiger charge is 2.62. The molecule has 1 heteroatoms. The molecule has 100 valence electrons. The van der Waals surface area contributed by atoms with Gasteiger partial charge in [-0.3, -0.25) is 0 Å². The van der Waals surface area contributed by atoms with Gasteiger partial charge in [-0.25, -0.2) is 0 Å². The van der Waals surface area contributed by atoms with Crippen molar-refractivity contribution in [1.29, 1.82) is 0 Å². The van der Waals surface area contributed by atoms with Crippen LogP contribution in [0.15, 0.2) is 0 Å². The lowest BCUT2D eigenvalue weighted by Crippen LogP contribution is -2.33. The predicted molar refractivity (Wildman–Crippen MR) is 73.1 cm³/mol. The van der Waals surface area contributed by atoms with Gasteiger partial charge in [0.25, 0.3) is 0 Å². The second-order valence-corrected chi connectivity index (χ2v) is 7.60. The summed E-state index contributed by atoms with van der Waals surface area (Å²) in [6.07, 6.45) is 7.09. The van der Waals surface area contributed by atoms with Crippen molar-refractivity contribution in [2.24, 2.45) is 16.7 Å². The quantitative estimate of drug-likeness (QED) is 0.598. The summed E-state index contributed by atoms with van der Waals surface area (Å²) in [5, 5.41) is 0. The van der Waals surface area contributed by atoms with Crippen LogP contribution >= 0.6 is 0 Å². The van der Waals surface area contributed by atoms with E-state index in [2.05, 4.69) is 41.5 Å². The number of fused-ring (bicyclic) bond motifs is 1. The Morgan fingerprint density at radius 1 is 1.18 bits per heavy atom. The molecule has 1 aliphatic carbocycles. The number of ether oxygens (including phenoxy) is 1. The zero-order valence-electron chi connectivity index (χ0n) is 12.6. The maximum absolute atomic E-state index is 6.14. The van der Waals surface area contributed by atoms with Crippen LogP contribution in [-0.4, -0.2) is 11.7 Å². The Hall–Kier alpha value is -0.0400. The molecule has 2 fully saturated rings. The standard InChI is InChI=1S/C16H30O/c1-7-15(5)11-13-16(6,17-13)14(3,4)10-8-9-12(15)2/h12-13H,7-11H2,1-6H3/t12-,13?,15+,16?/m1/s1. The average Bonchev–Trinajstić information content (AvgIpc) is 2.89. The second kappa shape index (κ2) is 3.98. The minimum Gasteiger partial charge on any atom is -0.366 e. The molecular formula is C16H30O. The van der Waals surface area contributed by atoms with Crippen LogP contribution < -0.4 is 0 Å². The first-order valence-corrected chi connectivity index (χ1v) is 7.43. The Morgan fingerprint density at radius 2 is 1.82 bits per heavy atom. The summed E-state index contributed by atoms with van der Waals surface area (Å²) in [5.74, 6) is 0.829. The number of hydrogen-bond acceptors (Lipinski definition) is 1. The maximum atomic E-state index is 6.14. The SMILES string of the molecule is CC[C@@]1(C)CC2OC2(C)C(C)(C)CCC[C@H]1C. The number of rotatable bonds is 1. The molecule has 0 amide bonds. The van der Waals surface area contributed by atoms with E-state index in [0.29, 0.717) is 16.9 Å². The van der Waals surface area contributed by atoms with Gasteiger partial charge < -0.3 is 4.74 Å². The van der Waals surface area contributed by atoms with E-state index in [9.17, 15) is 0 Å². The maximum Gasteiger partial charge on any atom is 0.0971 e. The van der Waals surface area contributed by atoms with Gasteiger partial charge in [0.05, 0.1) is 11.7 Å². The third-order valence-corrected chi connectivity index (χ3v) is 6.38. The average molecular weight is 238 g/mol. The van der Waals surface area contributed by atoms with E-state index in [4.69, 9.17) is 4.74 Å². The highest BCUT2D eigenvalue weighted by molar-refractivity contribution is 5.10. The lowest BCUT2D eigenvalue weighted by molar-refractivity contribution is 0.114. The monoisotopic (exact) mass is 238 g/mol. The van der Waals surface area contributed by atoms with Gasteiger partial charge in [0.2, 0.25) is 0 Å². The molecule has 1 heterocycles. The zero-order valence-corrected chi connectivity index (χ0v) is 12.6. The van der Waals surface area contributed by atoms with Crippen molar-refractivity contribution >= 4 is 0 Å². The van der Waals surface area contributed by atoms with Gasteiger partial charge in [0.15, 0.2) is 0 Å². The van der Waals surface area contributed by atoms with E-state index in [0.717, 1.165) is 5.92 Å². The topological polar surface area (TPSA) is 12.5 Å². The van der Waals surface area contributed by atoms with Gasteiger partial charge in [-0.15, -0.1) is 0 Å². The molecule has 0 aromatic carbocycles. The van der Waals surface area contributed by atoms with Crippen LogP contribution in [0.2, 0.25) is 0 Å². The summed E-state index contributed by atoms with van der Waals surface area (Å²) in [6, 6.07) is 0. The van der Waals surface area contributed by atoms with Crippen molar-refractivity contribution in [3.05, 3.63) is 0 Å². The van der Waals surface area contributed by atoms with Crippen LogP contribution in [0.3, 0.4) is 0 Å². The summed E-state index contributed by atoms with van der Waals surface area (Å²) in [5.41, 5.74) is 0.965. The van der Waals surface area contributed by atoms with Crippen LogP contribution in [0, 0.1) is 16.7 Å². The first-order valence-electron chi connectivity index (χ1n) is 7.43. The molecule has 4 atom stereocenters. The fourth-order valence-corrected chi connectivity index (χ4v) is 3.66. The van der Waals surface area contributed by atoms with Gasteiger partial charge in [0, 0.05) is 0 Å². The third-order valence-electron chi connectivity index (χ3n) is 6.38. The Kier molecular flexibility index (Phi) is 3.14. The summed E-state index contributed by atoms with van der Waals surface area (Å²) in [7, 11) is 0. The first-order chi connectivity index (χ1) is 7.75. The minimum absolute atomic E-state index is 0.146. The van der Waals surface area contributed by atoms with Gasteiger partial charge in [0.1, 0.15) is 0 Å². The van der Waals surface area contributed by atoms with E-state index in [1.165, 1.54) is 32.1 Å². The van der Waals surface area contributed by atoms with Crippen molar-refractivity contribution in [3.8, 4) is 0 Å². The molecule has 1 nitrogen and oxygen atoms in total. The van der Waals surface area contributed by atoms with Crippen molar-refractivity contribution in [2.75, 3.05) is 0 Å². The molecule has 1 saturated carbocycles. The Bertz CT molecular complexity index is 296. The van der Waals surface area contributed by atoms with Crippen molar-refractivity contribution < 1.29 is 4.74 Å². The molecule has 2 aliphatic rings. The van der Waals surface area contributed by atoms with Gasteiger partial charge >= 0.3 is 0 Å². The second-order valence-electron chi connectivity index (χ2n) is 7.60. The molecule has 0 N–H and O–H groups in total. The van der Waals surface area contributed by atoms with E-state index < -0.39 is 0 Å². The van der Waals surface area contributed by atoms with Crippen molar-refractivity contribution in [3.63, 3.8) is 0 Å². The smallest absolute Gasteiger partial charge is 0.0971 e. The molecule has 1 aliphatic heterocycles. The minimum atomic E-state index is 0.146. The lowest BCUT2D eigenvalue weighted by atomic mass is 9.69. The number of hydrogen-bond donors (Lipinski definition) is 0. The molecule has 1 saturated heterocycles. The summed E-state index contributed by atoms with van der Waals surface area (Å²) < 4.78 is 6.14. The molecule has 17 heavy (non-hydrogen) atoms. The highest BCUT2D eigenvalue weighted by atomic mass is 16.6. The van der Waals surface area contributed by atoms with Gasteiger partial charge in [-0.2, -0.15) is 0 Å². The van der Waals surface area contributed by atoms with Crippen molar-refractivity contribution in [1.82, 2.24) is 0 Å². The largest absolute Gasteiger partial charge is 0.366 e. The normalized spacial score (nSPS) is 49.8. The Labute approximate surface area is 107 Å². The van der Waals surface area contributed by atoms with Crippen molar-refractivity contribution in [2.45, 2.75) is 85.4 Å². The van der Waals surface area contributed by atoms with E-state index in [1.54, 1.807) is 0 Å². The molecule has 2 rings (SSSR count). The molecule has 2 unspecified atom stereocenters. The molecule has 0 aromatic rings. The zero-order chi connectivity index (χ0) is 12.9. The van der Waals surface area contributed by atoms with E-state index in [-0.39, 0.29) is 5.60 Å². The van der Waals surface area contributed by atoms with Crippen LogP contribution in [0.5, 0.6) is 0 Å². The summed E-state index contributed by atoms with van der Waals surface area (Å²) in [6.45, 7) is 14.4. The van der Waals surface area contributed by atoms with Crippen LogP contribution in [0.1, 0.15) is 73.6 Å². The van der Waals surface area contributed by atoms with Crippen LogP contribution in [0.25, 0.3) is 0 Å².